The number of esters is 3. The summed E-state index contributed by atoms with van der Waals surface area (Å²) in [4.78, 5) is 51.3. The number of ether oxygens (including phenoxy) is 4. The van der Waals surface area contributed by atoms with Crippen LogP contribution in [0, 0.1) is 11.3 Å². The van der Waals surface area contributed by atoms with Crippen LogP contribution in [0.1, 0.15) is 68.8 Å². The lowest BCUT2D eigenvalue weighted by Crippen LogP contribution is -3.18. The molecule has 1 saturated heterocycles. The lowest BCUT2D eigenvalue weighted by Gasteiger charge is -2.61. The molecule has 5 aliphatic heterocycles. The van der Waals surface area contributed by atoms with Gasteiger partial charge in [-0.1, -0.05) is 44.2 Å². The zero-order chi connectivity index (χ0) is 40.9. The van der Waals surface area contributed by atoms with Crippen LogP contribution < -0.4 is 19.4 Å². The molecule has 3 aromatic rings. The molecule has 1 spiro atoms. The third kappa shape index (κ3) is 4.94. The fourth-order valence-corrected chi connectivity index (χ4v) is 13.4. The van der Waals surface area contributed by atoms with Crippen molar-refractivity contribution in [3.8, 4) is 5.75 Å². The quantitative estimate of drug-likeness (QED) is 0.161. The number of hydrogen-bond donors (Lipinski definition) is 4. The van der Waals surface area contributed by atoms with Crippen molar-refractivity contribution in [1.82, 2.24) is 4.98 Å². The van der Waals surface area contributed by atoms with Gasteiger partial charge in [0.05, 0.1) is 70.9 Å². The Bertz CT molecular complexity index is 2270. The topological polar surface area (TPSA) is 136 Å². The first kappa shape index (κ1) is 38.8. The Hall–Kier alpha value is -4.65. The highest BCUT2D eigenvalue weighted by molar-refractivity contribution is 5.95. The predicted octanol–water partition coefficient (Wildman–Crippen LogP) is 1.96. The van der Waals surface area contributed by atoms with E-state index in [-0.39, 0.29) is 17.9 Å². The molecule has 2 unspecified atom stereocenters. The highest BCUT2D eigenvalue weighted by Crippen LogP contribution is 2.65. The minimum atomic E-state index is -2.26. The Morgan fingerprint density at radius 2 is 1.81 bits per heavy atom. The molecule has 1 aliphatic carbocycles. The molecule has 6 heterocycles. The number of nitrogens with one attached hydrogen (secondary N) is 3. The van der Waals surface area contributed by atoms with E-state index in [1.165, 1.54) is 36.5 Å². The van der Waals surface area contributed by atoms with E-state index in [1.807, 2.05) is 31.0 Å². The summed E-state index contributed by atoms with van der Waals surface area (Å²) in [6.45, 7) is 9.91. The van der Waals surface area contributed by atoms with Crippen LogP contribution in [0.5, 0.6) is 5.75 Å². The maximum atomic E-state index is 15.3. The van der Waals surface area contributed by atoms with Crippen molar-refractivity contribution in [2.24, 2.45) is 11.3 Å². The summed E-state index contributed by atoms with van der Waals surface area (Å²) in [5.41, 5.74) is 1.38. The number of likely N-dealkylation sites (N-methyl/N-ethyl adjacent to an activating group) is 1. The van der Waals surface area contributed by atoms with E-state index in [4.69, 9.17) is 18.9 Å². The largest absolute Gasteiger partial charge is 0.496 e. The fourth-order valence-electron chi connectivity index (χ4n) is 13.4. The van der Waals surface area contributed by atoms with E-state index in [1.54, 1.807) is 7.11 Å². The summed E-state index contributed by atoms with van der Waals surface area (Å²) in [6, 6.07) is 11.4. The molecule has 2 fully saturated rings. The minimum Gasteiger partial charge on any atom is -0.496 e. The van der Waals surface area contributed by atoms with Crippen LogP contribution in [0.4, 0.5) is 5.69 Å². The molecule has 12 heteroatoms. The highest BCUT2D eigenvalue weighted by Gasteiger charge is 2.82. The van der Waals surface area contributed by atoms with Gasteiger partial charge in [0, 0.05) is 66.6 Å². The van der Waals surface area contributed by atoms with E-state index < -0.39 is 45.9 Å². The lowest BCUT2D eigenvalue weighted by atomic mass is 9.47. The maximum Gasteiger partial charge on any atom is 0.344 e. The van der Waals surface area contributed by atoms with Crippen molar-refractivity contribution in [2.45, 2.75) is 87.5 Å². The molecule has 2 aromatic carbocycles. The number of aromatic nitrogens is 1. The number of fused-ring (bicyclic) bond motifs is 6. The van der Waals surface area contributed by atoms with Crippen molar-refractivity contribution in [3.63, 3.8) is 0 Å². The number of quaternary nitrogens is 2. The number of rotatable bonds is 7. The van der Waals surface area contributed by atoms with Crippen LogP contribution in [0.15, 0.2) is 60.2 Å². The number of methoxy groups -OCH3 is 3. The first-order valence-corrected chi connectivity index (χ1v) is 21.1. The molecule has 9 rings (SSSR count). The standard InChI is InChI=1S/C46H56N4O8/c1-8-28-21-29-24-45(41(52)56-6,37-31(15-19-49(25-28)26-29)30-13-10-11-14-34(30)47-37)33-22-32-35(23-36(33)55-5)48(4)39-44(32)17-20-50-18-12-16-43(9-2,38(44)50)40(58-27(3)51)46(39,54)42(53)57-7/h10-14,16,21-23,29,38-40,47,54H,8-9,15,17-20,24-26H2,1-7H3/p+2/t29-,38+,39-,40-,43-,44-,45+,46+/m1/s1. The van der Waals surface area contributed by atoms with Gasteiger partial charge < -0.3 is 43.7 Å². The minimum absolute atomic E-state index is 0.0629. The molecule has 2 bridgehead atoms. The molecule has 6 aliphatic rings. The van der Waals surface area contributed by atoms with Gasteiger partial charge >= 0.3 is 17.9 Å². The Kier molecular flexibility index (Phi) is 9.18. The van der Waals surface area contributed by atoms with E-state index in [0.717, 1.165) is 79.0 Å². The Balaban J connectivity index is 1.37. The van der Waals surface area contributed by atoms with E-state index >= 15 is 4.79 Å². The number of anilines is 1. The lowest BCUT2D eigenvalue weighted by molar-refractivity contribution is -0.920. The zero-order valence-electron chi connectivity index (χ0n) is 34.8. The summed E-state index contributed by atoms with van der Waals surface area (Å²) in [6.07, 6.45) is 8.69. The molecule has 4 N–H and O–H groups in total. The molecule has 308 valence electrons. The molecular weight excluding hydrogens is 737 g/mol. The normalized spacial score (nSPS) is 35.7. The average Bonchev–Trinajstić information content (AvgIpc) is 3.89. The van der Waals surface area contributed by atoms with Crippen LogP contribution in [-0.2, 0) is 45.8 Å². The molecule has 1 aromatic heterocycles. The van der Waals surface area contributed by atoms with Crippen molar-refractivity contribution < 1.29 is 48.2 Å². The molecule has 0 amide bonds. The van der Waals surface area contributed by atoms with Crippen LogP contribution in [0.2, 0.25) is 0 Å². The number of aliphatic hydroxyl groups is 1. The van der Waals surface area contributed by atoms with Crippen molar-refractivity contribution in [3.05, 3.63) is 82.6 Å². The van der Waals surface area contributed by atoms with E-state index in [0.29, 0.717) is 30.6 Å². The summed E-state index contributed by atoms with van der Waals surface area (Å²) in [5, 5.41) is 14.4. The van der Waals surface area contributed by atoms with E-state index in [2.05, 4.69) is 54.4 Å². The molecule has 58 heavy (non-hydrogen) atoms. The monoisotopic (exact) mass is 794 g/mol. The molecule has 0 radical (unpaired) electrons. The molecular formula is C46H58N4O8+2. The molecule has 10 atom stereocenters. The highest BCUT2D eigenvalue weighted by atomic mass is 16.6. The molecule has 12 nitrogen and oxygen atoms in total. The van der Waals surface area contributed by atoms with Gasteiger partial charge in [-0.2, -0.15) is 0 Å². The second-order valence-corrected chi connectivity index (χ2v) is 17.8. The summed E-state index contributed by atoms with van der Waals surface area (Å²) < 4.78 is 24.0. The van der Waals surface area contributed by atoms with Gasteiger partial charge in [-0.05, 0) is 54.2 Å². The van der Waals surface area contributed by atoms with Crippen molar-refractivity contribution >= 4 is 34.5 Å². The number of H-pyrrole nitrogens is 1. The number of carbonyl (C=O) groups excluding carboxylic acids is 3. The van der Waals surface area contributed by atoms with Crippen molar-refractivity contribution in [1.29, 1.82) is 0 Å². The number of hydrogen-bond acceptors (Lipinski definition) is 9. The number of aromatic amines is 1. The Labute approximate surface area is 340 Å². The number of carbonyl (C=O) groups is 3. The van der Waals surface area contributed by atoms with E-state index in [9.17, 15) is 14.7 Å². The average molecular weight is 795 g/mol. The van der Waals surface area contributed by atoms with Gasteiger partial charge in [-0.25, -0.2) is 4.79 Å². The van der Waals surface area contributed by atoms with Crippen LogP contribution in [-0.4, -0.2) is 113 Å². The number of benzene rings is 2. The van der Waals surface area contributed by atoms with Gasteiger partial charge in [0.15, 0.2) is 6.10 Å². The summed E-state index contributed by atoms with van der Waals surface area (Å²) in [7, 11) is 6.28. The smallest absolute Gasteiger partial charge is 0.344 e. The third-order valence-corrected chi connectivity index (χ3v) is 15.4. The predicted molar refractivity (Wildman–Crippen MR) is 217 cm³/mol. The van der Waals surface area contributed by atoms with Crippen LogP contribution >= 0.6 is 0 Å². The number of nitrogens with zero attached hydrogens (tertiary/aromatic N) is 1. The van der Waals surface area contributed by atoms with Gasteiger partial charge in [0.1, 0.15) is 17.2 Å². The SMILES string of the molecule is CCC1=C[C@H]2C[NH+](CCc3c([nH]c4ccccc34)[C@@](C(=O)OC)(c3cc4c(cc3OC)N(C)[C@H]3[C@@](O)(C(=O)OC)[C@H](OC(C)=O)[C@]5(CC)C=CC[NH+]6CC[C@]43[C@@H]65)C2)C1. The summed E-state index contributed by atoms with van der Waals surface area (Å²) in [5.74, 6) is -1.22. The van der Waals surface area contributed by atoms with Gasteiger partial charge in [0.2, 0.25) is 5.60 Å². The molecule has 1 saturated carbocycles. The Morgan fingerprint density at radius 1 is 1.03 bits per heavy atom. The first-order chi connectivity index (χ1) is 27.9. The van der Waals surface area contributed by atoms with Gasteiger partial charge in [-0.15, -0.1) is 0 Å². The zero-order valence-corrected chi connectivity index (χ0v) is 34.8. The Morgan fingerprint density at radius 3 is 2.52 bits per heavy atom. The van der Waals surface area contributed by atoms with Gasteiger partial charge in [0.25, 0.3) is 0 Å². The maximum absolute atomic E-state index is 15.3. The fraction of sp³-hybridized carbons (Fsp3) is 0.543. The summed E-state index contributed by atoms with van der Waals surface area (Å²) >= 11 is 0. The first-order valence-electron chi connectivity index (χ1n) is 21.1. The third-order valence-electron chi connectivity index (χ3n) is 15.4. The second-order valence-electron chi connectivity index (χ2n) is 17.8. The van der Waals surface area contributed by atoms with Crippen LogP contribution in [0.25, 0.3) is 10.9 Å². The van der Waals surface area contributed by atoms with Crippen molar-refractivity contribution in [2.75, 3.05) is 66.0 Å². The van der Waals surface area contributed by atoms with Crippen LogP contribution in [0.3, 0.4) is 0 Å². The second kappa shape index (κ2) is 13.7. The van der Waals surface area contributed by atoms with Gasteiger partial charge in [-0.3, -0.25) is 9.59 Å². The number of para-hydroxylation sites is 1.